The molecule has 26 heavy (non-hydrogen) atoms. The highest BCUT2D eigenvalue weighted by Gasteiger charge is 2.15. The number of carbonyl (C=O) groups is 2. The zero-order chi connectivity index (χ0) is 18.8. The second kappa shape index (κ2) is 11.2. The summed E-state index contributed by atoms with van der Waals surface area (Å²) in [5, 5.41) is 8.63. The summed E-state index contributed by atoms with van der Waals surface area (Å²) in [4.78, 5) is 26.4. The molecule has 2 amide bonds. The average molecular weight is 383 g/mol. The molecule has 144 valence electrons. The van der Waals surface area contributed by atoms with Crippen LogP contribution in [0.15, 0.2) is 24.3 Å². The van der Waals surface area contributed by atoms with Gasteiger partial charge in [0.25, 0.3) is 0 Å². The lowest BCUT2D eigenvalue weighted by molar-refractivity contribution is -0.120. The third-order valence-corrected chi connectivity index (χ3v) is 5.26. The van der Waals surface area contributed by atoms with Crippen molar-refractivity contribution in [2.75, 3.05) is 50.3 Å². The number of carbonyl (C=O) groups excluding carboxylic acids is 2. The number of hydrogen-bond donors (Lipinski definition) is 3. The molecule has 1 heterocycles. The van der Waals surface area contributed by atoms with Crippen LogP contribution in [0.2, 0.25) is 0 Å². The van der Waals surface area contributed by atoms with Crippen LogP contribution in [-0.4, -0.2) is 67.0 Å². The van der Waals surface area contributed by atoms with Gasteiger partial charge in [-0.1, -0.05) is 0 Å². The molecule has 0 saturated carbocycles. The van der Waals surface area contributed by atoms with Crippen LogP contribution < -0.4 is 16.0 Å². The molecule has 0 spiro atoms. The Morgan fingerprint density at radius 2 is 1.96 bits per heavy atom. The highest BCUT2D eigenvalue weighted by atomic mass is 32.2. The third kappa shape index (κ3) is 7.72. The minimum atomic E-state index is -0.348. The molecule has 1 unspecified atom stereocenters. The number of halogens is 1. The van der Waals surface area contributed by atoms with Crippen molar-refractivity contribution in [1.82, 2.24) is 15.5 Å². The van der Waals surface area contributed by atoms with Crippen LogP contribution in [0.5, 0.6) is 0 Å². The van der Waals surface area contributed by atoms with E-state index in [1.165, 1.54) is 36.0 Å². The summed E-state index contributed by atoms with van der Waals surface area (Å²) in [6.45, 7) is 7.60. The molecule has 0 aliphatic carbocycles. The molecular weight excluding hydrogens is 355 g/mol. The van der Waals surface area contributed by atoms with Gasteiger partial charge in [-0.05, 0) is 44.2 Å². The van der Waals surface area contributed by atoms with Crippen molar-refractivity contribution in [3.8, 4) is 0 Å². The topological polar surface area (TPSA) is 73.5 Å². The monoisotopic (exact) mass is 382 g/mol. The molecule has 0 bridgehead atoms. The Hall–Kier alpha value is -1.64. The summed E-state index contributed by atoms with van der Waals surface area (Å²) in [6.07, 6.45) is 0.925. The Balaban J connectivity index is 1.57. The molecule has 3 N–H and O–H groups in total. The first-order valence-electron chi connectivity index (χ1n) is 8.92. The van der Waals surface area contributed by atoms with Gasteiger partial charge in [0.1, 0.15) is 5.82 Å². The minimum absolute atomic E-state index is 0.0510. The average Bonchev–Trinajstić information content (AvgIpc) is 2.66. The first-order chi connectivity index (χ1) is 12.5. The van der Waals surface area contributed by atoms with Crippen LogP contribution in [0.4, 0.5) is 10.1 Å². The van der Waals surface area contributed by atoms with E-state index in [9.17, 15) is 14.0 Å². The van der Waals surface area contributed by atoms with Gasteiger partial charge in [-0.3, -0.25) is 9.59 Å². The fraction of sp³-hybridized carbons (Fsp3) is 0.556. The van der Waals surface area contributed by atoms with Gasteiger partial charge in [0.15, 0.2) is 0 Å². The van der Waals surface area contributed by atoms with E-state index >= 15 is 0 Å². The number of amides is 2. The van der Waals surface area contributed by atoms with Crippen LogP contribution in [0.25, 0.3) is 0 Å². The largest absolute Gasteiger partial charge is 0.355 e. The molecule has 1 aliphatic heterocycles. The van der Waals surface area contributed by atoms with Crippen LogP contribution in [0.1, 0.15) is 13.3 Å². The smallest absolute Gasteiger partial charge is 0.234 e. The van der Waals surface area contributed by atoms with Gasteiger partial charge in [-0.2, -0.15) is 0 Å². The zero-order valence-corrected chi connectivity index (χ0v) is 15.9. The van der Waals surface area contributed by atoms with Gasteiger partial charge in [0, 0.05) is 38.4 Å². The summed E-state index contributed by atoms with van der Waals surface area (Å²) >= 11 is 1.28. The van der Waals surface area contributed by atoms with E-state index < -0.39 is 0 Å². The quantitative estimate of drug-likeness (QED) is 0.562. The lowest BCUT2D eigenvalue weighted by Crippen LogP contribution is -2.44. The van der Waals surface area contributed by atoms with Crippen LogP contribution >= 0.6 is 11.8 Å². The maximum absolute atomic E-state index is 12.8. The number of nitrogens with one attached hydrogen (secondary N) is 3. The van der Waals surface area contributed by atoms with E-state index in [0.717, 1.165) is 39.1 Å². The number of anilines is 1. The molecule has 1 atom stereocenters. The summed E-state index contributed by atoms with van der Waals surface area (Å²) in [5.74, 6) is -0.434. The van der Waals surface area contributed by atoms with Crippen LogP contribution in [-0.2, 0) is 9.59 Å². The molecule has 1 aromatic carbocycles. The number of rotatable bonds is 9. The Bertz CT molecular complexity index is 579. The Morgan fingerprint density at radius 3 is 2.65 bits per heavy atom. The molecule has 1 aliphatic rings. The lowest BCUT2D eigenvalue weighted by atomic mass is 10.3. The maximum Gasteiger partial charge on any atom is 0.234 e. The van der Waals surface area contributed by atoms with E-state index in [2.05, 4.69) is 20.9 Å². The second-order valence-corrected chi connectivity index (χ2v) is 7.57. The first kappa shape index (κ1) is 20.7. The predicted octanol–water partition coefficient (Wildman–Crippen LogP) is 1.30. The summed E-state index contributed by atoms with van der Waals surface area (Å²) in [5.41, 5.74) is 0.544. The van der Waals surface area contributed by atoms with Crippen molar-refractivity contribution in [3.05, 3.63) is 30.1 Å². The van der Waals surface area contributed by atoms with Gasteiger partial charge < -0.3 is 20.9 Å². The van der Waals surface area contributed by atoms with Crippen molar-refractivity contribution in [3.63, 3.8) is 0 Å². The fourth-order valence-electron chi connectivity index (χ4n) is 2.60. The third-order valence-electron chi connectivity index (χ3n) is 4.12. The van der Waals surface area contributed by atoms with Crippen molar-refractivity contribution >= 4 is 29.3 Å². The molecule has 0 radical (unpaired) electrons. The SMILES string of the molecule is CC(SCC(=O)Nc1ccc(F)cc1)C(=O)NCCCN1CCNCC1. The van der Waals surface area contributed by atoms with Crippen molar-refractivity contribution in [2.24, 2.45) is 0 Å². The van der Waals surface area contributed by atoms with E-state index in [-0.39, 0.29) is 28.6 Å². The summed E-state index contributed by atoms with van der Waals surface area (Å²) < 4.78 is 12.8. The Labute approximate surface area is 158 Å². The molecule has 2 rings (SSSR count). The minimum Gasteiger partial charge on any atom is -0.355 e. The van der Waals surface area contributed by atoms with Crippen LogP contribution in [0.3, 0.4) is 0 Å². The van der Waals surface area contributed by atoms with Gasteiger partial charge in [-0.25, -0.2) is 4.39 Å². The van der Waals surface area contributed by atoms with Crippen molar-refractivity contribution < 1.29 is 14.0 Å². The van der Waals surface area contributed by atoms with Gasteiger partial charge in [0.2, 0.25) is 11.8 Å². The number of thioether (sulfide) groups is 1. The Morgan fingerprint density at radius 1 is 1.27 bits per heavy atom. The van der Waals surface area contributed by atoms with Gasteiger partial charge in [-0.15, -0.1) is 11.8 Å². The maximum atomic E-state index is 12.8. The van der Waals surface area contributed by atoms with E-state index in [1.807, 2.05) is 0 Å². The zero-order valence-electron chi connectivity index (χ0n) is 15.1. The van der Waals surface area contributed by atoms with Crippen molar-refractivity contribution in [2.45, 2.75) is 18.6 Å². The number of nitrogens with zero attached hydrogens (tertiary/aromatic N) is 1. The molecule has 1 saturated heterocycles. The van der Waals surface area contributed by atoms with E-state index in [1.54, 1.807) is 6.92 Å². The molecule has 6 nitrogen and oxygen atoms in total. The number of benzene rings is 1. The van der Waals surface area contributed by atoms with Gasteiger partial charge in [0.05, 0.1) is 11.0 Å². The molecule has 8 heteroatoms. The Kier molecular flexibility index (Phi) is 8.87. The molecule has 1 fully saturated rings. The highest BCUT2D eigenvalue weighted by Crippen LogP contribution is 2.13. The second-order valence-electron chi connectivity index (χ2n) is 6.24. The van der Waals surface area contributed by atoms with Crippen LogP contribution in [0, 0.1) is 5.82 Å². The van der Waals surface area contributed by atoms with E-state index in [0.29, 0.717) is 12.2 Å². The molecule has 0 aromatic heterocycles. The first-order valence-corrected chi connectivity index (χ1v) is 9.97. The van der Waals surface area contributed by atoms with E-state index in [4.69, 9.17) is 0 Å². The van der Waals surface area contributed by atoms with Crippen molar-refractivity contribution in [1.29, 1.82) is 0 Å². The molecular formula is C18H27FN4O2S. The normalized spacial score (nSPS) is 16.1. The molecule has 1 aromatic rings. The fourth-order valence-corrected chi connectivity index (χ4v) is 3.31. The number of hydrogen-bond acceptors (Lipinski definition) is 5. The predicted molar refractivity (Wildman–Crippen MR) is 104 cm³/mol. The summed E-state index contributed by atoms with van der Waals surface area (Å²) in [6, 6.07) is 5.59. The highest BCUT2D eigenvalue weighted by molar-refractivity contribution is 8.01. The lowest BCUT2D eigenvalue weighted by Gasteiger charge is -2.27. The van der Waals surface area contributed by atoms with Gasteiger partial charge >= 0.3 is 0 Å². The standard InChI is InChI=1S/C18H27FN4O2S/c1-14(18(25)21-7-2-10-23-11-8-20-9-12-23)26-13-17(24)22-16-5-3-15(19)4-6-16/h3-6,14,20H,2,7-13H2,1H3,(H,21,25)(H,22,24). The summed E-state index contributed by atoms with van der Waals surface area (Å²) in [7, 11) is 0. The number of piperazine rings is 1.